The molecule has 2 heterocycles. The maximum atomic E-state index is 6.46. The number of hydrogen-bond acceptors (Lipinski definition) is 2. The molecular weight excluding hydrogens is 789 g/mol. The molecule has 0 atom stereocenters. The van der Waals surface area contributed by atoms with Crippen LogP contribution in [-0.2, 0) is 0 Å². The number of benzene rings is 11. The van der Waals surface area contributed by atoms with Gasteiger partial charge in [-0.15, -0.1) is 0 Å². The molecule has 0 N–H and O–H groups in total. The van der Waals surface area contributed by atoms with E-state index in [1.165, 1.54) is 43.4 Å². The van der Waals surface area contributed by atoms with Gasteiger partial charge in [-0.1, -0.05) is 182 Å². The molecule has 0 fully saturated rings. The third kappa shape index (κ3) is 6.05. The molecule has 11 aromatic carbocycles. The van der Waals surface area contributed by atoms with E-state index < -0.39 is 0 Å². The minimum absolute atomic E-state index is 0.905. The van der Waals surface area contributed by atoms with E-state index in [1.807, 2.05) is 12.1 Å². The highest BCUT2D eigenvalue weighted by molar-refractivity contribution is 6.12. The Morgan fingerprint density at radius 3 is 1.74 bits per heavy atom. The minimum atomic E-state index is 0.905. The van der Waals surface area contributed by atoms with E-state index in [-0.39, 0.29) is 0 Å². The van der Waals surface area contributed by atoms with Gasteiger partial charge in [-0.2, -0.15) is 0 Å². The predicted molar refractivity (Wildman–Crippen MR) is 274 cm³/mol. The number of hydrogen-bond donors (Lipinski definition) is 0. The number of nitrogens with zero attached hydrogens (tertiary/aromatic N) is 2. The van der Waals surface area contributed by atoms with Crippen LogP contribution in [0.25, 0.3) is 104 Å². The molecule has 0 saturated carbocycles. The molecule has 0 unspecified atom stereocenters. The molecule has 0 aliphatic heterocycles. The maximum absolute atomic E-state index is 6.46. The van der Waals surface area contributed by atoms with Crippen molar-refractivity contribution in [3.8, 4) is 39.1 Å². The van der Waals surface area contributed by atoms with Crippen molar-refractivity contribution >= 4 is 82.4 Å². The highest BCUT2D eigenvalue weighted by Crippen LogP contribution is 2.45. The maximum Gasteiger partial charge on any atom is 0.143 e. The van der Waals surface area contributed by atoms with Gasteiger partial charge in [-0.05, 0) is 98.9 Å². The van der Waals surface area contributed by atoms with Crippen molar-refractivity contribution in [2.75, 3.05) is 4.90 Å². The van der Waals surface area contributed by atoms with E-state index in [2.05, 4.69) is 240 Å². The zero-order valence-electron chi connectivity index (χ0n) is 35.4. The lowest BCUT2D eigenvalue weighted by Gasteiger charge is -2.29. The largest absolute Gasteiger partial charge is 0.455 e. The molecule has 3 nitrogen and oxygen atoms in total. The van der Waals surface area contributed by atoms with Crippen molar-refractivity contribution < 1.29 is 4.42 Å². The van der Waals surface area contributed by atoms with E-state index in [9.17, 15) is 0 Å². The van der Waals surface area contributed by atoms with E-state index in [4.69, 9.17) is 4.42 Å². The molecule has 0 spiro atoms. The summed E-state index contributed by atoms with van der Waals surface area (Å²) in [6.45, 7) is 0. The van der Waals surface area contributed by atoms with Crippen LogP contribution in [0.1, 0.15) is 0 Å². The van der Waals surface area contributed by atoms with Gasteiger partial charge in [0.15, 0.2) is 0 Å². The lowest BCUT2D eigenvalue weighted by molar-refractivity contribution is 0.670. The normalized spacial score (nSPS) is 11.7. The van der Waals surface area contributed by atoms with Crippen LogP contribution in [0, 0.1) is 0 Å². The second kappa shape index (κ2) is 15.0. The zero-order chi connectivity index (χ0) is 42.8. The third-order valence-corrected chi connectivity index (χ3v) is 13.2. The molecule has 65 heavy (non-hydrogen) atoms. The molecule has 0 radical (unpaired) electrons. The highest BCUT2D eigenvalue weighted by atomic mass is 16.3. The number of fused-ring (bicyclic) bond motifs is 9. The van der Waals surface area contributed by atoms with E-state index in [0.717, 1.165) is 78.1 Å². The Hall–Kier alpha value is -8.66. The summed E-state index contributed by atoms with van der Waals surface area (Å²) in [6, 6.07) is 87.8. The van der Waals surface area contributed by atoms with Crippen LogP contribution in [0.5, 0.6) is 0 Å². The third-order valence-electron chi connectivity index (χ3n) is 13.2. The van der Waals surface area contributed by atoms with Gasteiger partial charge in [-0.25, -0.2) is 0 Å². The Kier molecular flexibility index (Phi) is 8.53. The molecule has 3 heteroatoms. The summed E-state index contributed by atoms with van der Waals surface area (Å²) in [5.74, 6) is 0. The monoisotopic (exact) mass is 828 g/mol. The van der Waals surface area contributed by atoms with Crippen molar-refractivity contribution in [3.05, 3.63) is 243 Å². The number of furan rings is 1. The van der Waals surface area contributed by atoms with Crippen LogP contribution in [0.2, 0.25) is 0 Å². The van der Waals surface area contributed by atoms with E-state index in [0.29, 0.717) is 0 Å². The molecule has 13 aromatic rings. The van der Waals surface area contributed by atoms with Crippen LogP contribution < -0.4 is 4.90 Å². The van der Waals surface area contributed by atoms with Crippen molar-refractivity contribution in [2.24, 2.45) is 0 Å². The van der Waals surface area contributed by atoms with Crippen molar-refractivity contribution in [3.63, 3.8) is 0 Å². The first kappa shape index (κ1) is 36.9. The van der Waals surface area contributed by atoms with Gasteiger partial charge >= 0.3 is 0 Å². The smallest absolute Gasteiger partial charge is 0.143 e. The molecular formula is C62H40N2O. The quantitative estimate of drug-likeness (QED) is 0.149. The topological polar surface area (TPSA) is 21.3 Å². The van der Waals surface area contributed by atoms with Crippen LogP contribution >= 0.6 is 0 Å². The summed E-state index contributed by atoms with van der Waals surface area (Å²) in [4.78, 5) is 2.43. The first-order valence-corrected chi connectivity index (χ1v) is 22.2. The van der Waals surface area contributed by atoms with Gasteiger partial charge in [0.25, 0.3) is 0 Å². The lowest BCUT2D eigenvalue weighted by Crippen LogP contribution is -2.11. The van der Waals surface area contributed by atoms with Crippen LogP contribution in [0.4, 0.5) is 17.1 Å². The van der Waals surface area contributed by atoms with Crippen LogP contribution in [-0.4, -0.2) is 4.57 Å². The molecule has 0 bridgehead atoms. The SMILES string of the molecule is c1cc(-c2ccc(N(c3ccc4c(ccc5ccccc54)c3)c3ccccc3-c3ccccc3-n3c4ccccc4c4ccccc43)cc2)cc(-c2cccc3c2oc2ccccc23)c1. The highest BCUT2D eigenvalue weighted by Gasteiger charge is 2.22. The van der Waals surface area contributed by atoms with E-state index >= 15 is 0 Å². The Labute approximate surface area is 376 Å². The summed E-state index contributed by atoms with van der Waals surface area (Å²) in [7, 11) is 0. The standard InChI is InChI=1S/C62H40N2O/c1-2-18-48-42(15-1)31-32-45-40-47(37-38-49(45)48)63(46-35-33-41(34-36-46)43-16-13-17-44(39-43)50-24-14-25-56-55-23-7-12-30-61(55)65-62(50)56)57-26-8-3-19-51(57)52-20-4-9-27-58(52)64-59-28-10-5-21-53(59)54-22-6-11-29-60(54)64/h1-40H. The predicted octanol–water partition coefficient (Wildman–Crippen LogP) is 17.5. The van der Waals surface area contributed by atoms with Gasteiger partial charge in [0, 0.05) is 49.6 Å². The average Bonchev–Trinajstić information content (AvgIpc) is 3.93. The summed E-state index contributed by atoms with van der Waals surface area (Å²) in [5.41, 5.74) is 15.4. The minimum Gasteiger partial charge on any atom is -0.455 e. The molecule has 0 aliphatic carbocycles. The number of rotatable bonds is 7. The number of aromatic nitrogens is 1. The van der Waals surface area contributed by atoms with Crippen LogP contribution in [0.3, 0.4) is 0 Å². The van der Waals surface area contributed by atoms with Crippen molar-refractivity contribution in [2.45, 2.75) is 0 Å². The van der Waals surface area contributed by atoms with Gasteiger partial charge in [-0.3, -0.25) is 0 Å². The fourth-order valence-corrected chi connectivity index (χ4v) is 10.2. The summed E-state index contributed by atoms with van der Waals surface area (Å²) in [6.07, 6.45) is 0. The van der Waals surface area contributed by atoms with Crippen molar-refractivity contribution in [1.82, 2.24) is 4.57 Å². The molecule has 0 aliphatic rings. The van der Waals surface area contributed by atoms with Crippen molar-refractivity contribution in [1.29, 1.82) is 0 Å². The Bertz CT molecular complexity index is 3910. The Morgan fingerprint density at radius 2 is 0.908 bits per heavy atom. The Morgan fingerprint density at radius 1 is 0.323 bits per heavy atom. The second-order valence-electron chi connectivity index (χ2n) is 16.8. The number of anilines is 3. The van der Waals surface area contributed by atoms with Gasteiger partial charge in [0.05, 0.1) is 22.4 Å². The average molecular weight is 829 g/mol. The molecule has 13 rings (SSSR count). The summed E-state index contributed by atoms with van der Waals surface area (Å²) >= 11 is 0. The lowest BCUT2D eigenvalue weighted by atomic mass is 9.97. The molecule has 0 saturated heterocycles. The first-order valence-electron chi connectivity index (χ1n) is 22.2. The number of para-hydroxylation sites is 6. The van der Waals surface area contributed by atoms with Gasteiger partial charge in [0.1, 0.15) is 11.2 Å². The first-order chi connectivity index (χ1) is 32.2. The van der Waals surface area contributed by atoms with Crippen LogP contribution in [0.15, 0.2) is 247 Å². The Balaban J connectivity index is 0.967. The fourth-order valence-electron chi connectivity index (χ4n) is 10.2. The van der Waals surface area contributed by atoms with Gasteiger partial charge < -0.3 is 13.9 Å². The molecule has 0 amide bonds. The van der Waals surface area contributed by atoms with E-state index in [1.54, 1.807) is 0 Å². The molecule has 2 aromatic heterocycles. The van der Waals surface area contributed by atoms with Gasteiger partial charge in [0.2, 0.25) is 0 Å². The fraction of sp³-hybridized carbons (Fsp3) is 0. The zero-order valence-corrected chi connectivity index (χ0v) is 35.4. The molecule has 304 valence electrons. The summed E-state index contributed by atoms with van der Waals surface area (Å²) < 4.78 is 8.89. The summed E-state index contributed by atoms with van der Waals surface area (Å²) in [5, 5.41) is 9.69. The second-order valence-corrected chi connectivity index (χ2v) is 16.8.